The lowest BCUT2D eigenvalue weighted by Crippen LogP contribution is -2.36. The zero-order chi connectivity index (χ0) is 11.5. The van der Waals surface area contributed by atoms with Crippen LogP contribution in [0.15, 0.2) is 0 Å². The third kappa shape index (κ3) is 13.8. The molecule has 15 heavy (non-hydrogen) atoms. The highest BCUT2D eigenvalue weighted by atomic mass is 16.3. The van der Waals surface area contributed by atoms with Gasteiger partial charge in [-0.3, -0.25) is 0 Å². The largest absolute Gasteiger partial charge is 0.392 e. The fraction of sp³-hybridized carbons (Fsp3) is 1.00. The van der Waals surface area contributed by atoms with E-state index >= 15 is 0 Å². The van der Waals surface area contributed by atoms with Gasteiger partial charge in [-0.15, -0.1) is 0 Å². The van der Waals surface area contributed by atoms with E-state index in [4.69, 9.17) is 10.2 Å². The highest BCUT2D eigenvalue weighted by Gasteiger charge is 1.94. The SMILES string of the molecule is CC(O)CNCCNCCNCC(C)O. The minimum absolute atomic E-state index is 0.280. The highest BCUT2D eigenvalue weighted by Crippen LogP contribution is 1.74. The normalized spacial score (nSPS) is 15.2. The summed E-state index contributed by atoms with van der Waals surface area (Å²) < 4.78 is 0. The van der Waals surface area contributed by atoms with E-state index in [0.717, 1.165) is 26.2 Å². The van der Waals surface area contributed by atoms with E-state index < -0.39 is 0 Å². The van der Waals surface area contributed by atoms with Crippen LogP contribution in [0, 0.1) is 0 Å². The van der Waals surface area contributed by atoms with E-state index in [-0.39, 0.29) is 12.2 Å². The summed E-state index contributed by atoms with van der Waals surface area (Å²) in [7, 11) is 0. The van der Waals surface area contributed by atoms with Crippen LogP contribution < -0.4 is 16.0 Å². The Labute approximate surface area is 92.3 Å². The van der Waals surface area contributed by atoms with Crippen LogP contribution >= 0.6 is 0 Å². The van der Waals surface area contributed by atoms with Crippen molar-refractivity contribution < 1.29 is 10.2 Å². The van der Waals surface area contributed by atoms with Gasteiger partial charge in [0.25, 0.3) is 0 Å². The predicted molar refractivity (Wildman–Crippen MR) is 62.0 cm³/mol. The third-order valence-corrected chi connectivity index (χ3v) is 1.84. The Balaban J connectivity index is 2.93. The number of rotatable bonds is 10. The molecule has 0 radical (unpaired) electrons. The number of hydrogen-bond acceptors (Lipinski definition) is 5. The molecule has 5 nitrogen and oxygen atoms in total. The maximum Gasteiger partial charge on any atom is 0.0636 e. The van der Waals surface area contributed by atoms with Crippen LogP contribution in [0.4, 0.5) is 0 Å². The molecule has 0 aliphatic rings. The fourth-order valence-corrected chi connectivity index (χ4v) is 1.10. The second kappa shape index (κ2) is 10.3. The van der Waals surface area contributed by atoms with Crippen LogP contribution in [0.3, 0.4) is 0 Å². The molecule has 0 heterocycles. The van der Waals surface area contributed by atoms with Crippen LogP contribution in [0.1, 0.15) is 13.8 Å². The van der Waals surface area contributed by atoms with Crippen LogP contribution in [-0.2, 0) is 0 Å². The molecule has 0 aromatic rings. The molecule has 0 aliphatic carbocycles. The first-order valence-corrected chi connectivity index (χ1v) is 5.61. The maximum absolute atomic E-state index is 8.96. The molecule has 5 heteroatoms. The van der Waals surface area contributed by atoms with Gasteiger partial charge in [0.15, 0.2) is 0 Å². The average Bonchev–Trinajstić information content (AvgIpc) is 2.14. The molecule has 2 unspecified atom stereocenters. The van der Waals surface area contributed by atoms with Crippen LogP contribution in [-0.4, -0.2) is 61.7 Å². The molecule has 0 amide bonds. The van der Waals surface area contributed by atoms with Gasteiger partial charge in [-0.05, 0) is 13.8 Å². The molecule has 0 aromatic heterocycles. The van der Waals surface area contributed by atoms with Crippen LogP contribution in [0.2, 0.25) is 0 Å². The zero-order valence-electron chi connectivity index (χ0n) is 9.79. The first kappa shape index (κ1) is 14.8. The van der Waals surface area contributed by atoms with E-state index in [9.17, 15) is 0 Å². The smallest absolute Gasteiger partial charge is 0.0636 e. The Morgan fingerprint density at radius 1 is 0.733 bits per heavy atom. The van der Waals surface area contributed by atoms with Gasteiger partial charge in [0.1, 0.15) is 0 Å². The monoisotopic (exact) mass is 219 g/mol. The molecule has 2 atom stereocenters. The standard InChI is InChI=1S/C10H25N3O2/c1-9(14)7-12-5-3-11-4-6-13-8-10(2)15/h9-15H,3-8H2,1-2H3. The summed E-state index contributed by atoms with van der Waals surface area (Å²) in [5.74, 6) is 0. The van der Waals surface area contributed by atoms with Crippen molar-refractivity contribution in [3.63, 3.8) is 0 Å². The summed E-state index contributed by atoms with van der Waals surface area (Å²) in [6, 6.07) is 0. The number of nitrogens with one attached hydrogen (secondary N) is 3. The Morgan fingerprint density at radius 3 is 1.40 bits per heavy atom. The summed E-state index contributed by atoms with van der Waals surface area (Å²) in [6.07, 6.45) is -0.560. The summed E-state index contributed by atoms with van der Waals surface area (Å²) in [5, 5.41) is 27.4. The second-order valence-corrected chi connectivity index (χ2v) is 3.86. The molecule has 0 fully saturated rings. The molecular weight excluding hydrogens is 194 g/mol. The third-order valence-electron chi connectivity index (χ3n) is 1.84. The summed E-state index contributed by atoms with van der Waals surface area (Å²) in [6.45, 7) is 8.32. The lowest BCUT2D eigenvalue weighted by molar-refractivity contribution is 0.191. The number of aliphatic hydroxyl groups is 2. The lowest BCUT2D eigenvalue weighted by Gasteiger charge is -2.09. The van der Waals surface area contributed by atoms with E-state index in [1.807, 2.05) is 0 Å². The van der Waals surface area contributed by atoms with Gasteiger partial charge >= 0.3 is 0 Å². The Morgan fingerprint density at radius 2 is 1.07 bits per heavy atom. The lowest BCUT2D eigenvalue weighted by atomic mass is 10.4. The van der Waals surface area contributed by atoms with Crippen molar-refractivity contribution in [2.45, 2.75) is 26.1 Å². The summed E-state index contributed by atoms with van der Waals surface area (Å²) >= 11 is 0. The topological polar surface area (TPSA) is 76.5 Å². The number of hydrogen-bond donors (Lipinski definition) is 5. The van der Waals surface area contributed by atoms with Crippen molar-refractivity contribution in [2.75, 3.05) is 39.3 Å². The highest BCUT2D eigenvalue weighted by molar-refractivity contribution is 4.58. The van der Waals surface area contributed by atoms with Gasteiger partial charge in [0.05, 0.1) is 12.2 Å². The van der Waals surface area contributed by atoms with E-state index in [1.54, 1.807) is 13.8 Å². The van der Waals surface area contributed by atoms with Crippen molar-refractivity contribution in [2.24, 2.45) is 0 Å². The Hall–Kier alpha value is -0.200. The molecule has 0 saturated heterocycles. The molecule has 5 N–H and O–H groups in total. The van der Waals surface area contributed by atoms with E-state index in [1.165, 1.54) is 0 Å². The zero-order valence-corrected chi connectivity index (χ0v) is 9.79. The van der Waals surface area contributed by atoms with Crippen molar-refractivity contribution in [3.8, 4) is 0 Å². The molecule has 0 bridgehead atoms. The first-order valence-electron chi connectivity index (χ1n) is 5.61. The van der Waals surface area contributed by atoms with Crippen LogP contribution in [0.25, 0.3) is 0 Å². The first-order chi connectivity index (χ1) is 7.13. The van der Waals surface area contributed by atoms with Crippen LogP contribution in [0.5, 0.6) is 0 Å². The van der Waals surface area contributed by atoms with Gasteiger partial charge in [-0.25, -0.2) is 0 Å². The molecule has 0 rings (SSSR count). The van der Waals surface area contributed by atoms with Gasteiger partial charge < -0.3 is 26.2 Å². The minimum Gasteiger partial charge on any atom is -0.392 e. The molecule has 92 valence electrons. The van der Waals surface area contributed by atoms with Gasteiger partial charge in [0, 0.05) is 39.3 Å². The van der Waals surface area contributed by atoms with Crippen molar-refractivity contribution in [1.82, 2.24) is 16.0 Å². The molecule has 0 spiro atoms. The van der Waals surface area contributed by atoms with Gasteiger partial charge in [0.2, 0.25) is 0 Å². The van der Waals surface area contributed by atoms with E-state index in [0.29, 0.717) is 13.1 Å². The van der Waals surface area contributed by atoms with Gasteiger partial charge in [-0.2, -0.15) is 0 Å². The maximum atomic E-state index is 8.96. The summed E-state index contributed by atoms with van der Waals surface area (Å²) in [4.78, 5) is 0. The molecule has 0 saturated carbocycles. The van der Waals surface area contributed by atoms with E-state index in [2.05, 4.69) is 16.0 Å². The predicted octanol–water partition coefficient (Wildman–Crippen LogP) is -1.48. The Bertz CT molecular complexity index is 118. The van der Waals surface area contributed by atoms with Gasteiger partial charge in [-0.1, -0.05) is 0 Å². The molecular formula is C10H25N3O2. The quantitative estimate of drug-likeness (QED) is 0.290. The minimum atomic E-state index is -0.280. The Kier molecular flexibility index (Phi) is 10.2. The summed E-state index contributed by atoms with van der Waals surface area (Å²) in [5.41, 5.74) is 0. The molecule has 0 aliphatic heterocycles. The second-order valence-electron chi connectivity index (χ2n) is 3.86. The number of aliphatic hydroxyl groups excluding tert-OH is 2. The van der Waals surface area contributed by atoms with Crippen molar-refractivity contribution >= 4 is 0 Å². The molecule has 0 aromatic carbocycles. The fourth-order valence-electron chi connectivity index (χ4n) is 1.10. The average molecular weight is 219 g/mol. The van der Waals surface area contributed by atoms with Crippen molar-refractivity contribution in [1.29, 1.82) is 0 Å². The van der Waals surface area contributed by atoms with Crippen molar-refractivity contribution in [3.05, 3.63) is 0 Å².